The molecule has 0 atom stereocenters. The maximum atomic E-state index is 13.5. The van der Waals surface area contributed by atoms with Gasteiger partial charge in [-0.3, -0.25) is 9.10 Å². The van der Waals surface area contributed by atoms with Crippen molar-refractivity contribution in [1.82, 2.24) is 0 Å². The van der Waals surface area contributed by atoms with Gasteiger partial charge in [0.15, 0.2) is 5.78 Å². The summed E-state index contributed by atoms with van der Waals surface area (Å²) in [5.41, 5.74) is 9.43. The third-order valence-corrected chi connectivity index (χ3v) is 6.74. The first-order chi connectivity index (χ1) is 15.6. The standard InChI is InChI=1S/C25H23FN2O4S/c1-4-22(29)24-20-13-19(16-6-5-7-18(27)12-16)21(28(2)33(3,30)31)14-23(20)32-25(24)15-8-10-17(26)11-9-15/h5-14H,4,27H2,1-3H3. The van der Waals surface area contributed by atoms with Crippen LogP contribution in [0.15, 0.2) is 65.1 Å². The van der Waals surface area contributed by atoms with Gasteiger partial charge in [0, 0.05) is 41.7 Å². The molecule has 1 aromatic heterocycles. The summed E-state index contributed by atoms with van der Waals surface area (Å²) in [4.78, 5) is 13.0. The first-order valence-corrected chi connectivity index (χ1v) is 12.1. The van der Waals surface area contributed by atoms with E-state index in [-0.39, 0.29) is 12.2 Å². The molecule has 0 unspecified atom stereocenters. The molecule has 0 radical (unpaired) electrons. The van der Waals surface area contributed by atoms with Crippen molar-refractivity contribution in [3.63, 3.8) is 0 Å². The van der Waals surface area contributed by atoms with Crippen LogP contribution in [0.3, 0.4) is 0 Å². The number of ketones is 1. The quantitative estimate of drug-likeness (QED) is 0.300. The molecule has 2 N–H and O–H groups in total. The Morgan fingerprint density at radius 1 is 1.06 bits per heavy atom. The molecule has 33 heavy (non-hydrogen) atoms. The minimum atomic E-state index is -3.59. The summed E-state index contributed by atoms with van der Waals surface area (Å²) in [6, 6.07) is 16.1. The zero-order chi connectivity index (χ0) is 23.9. The number of carbonyl (C=O) groups is 1. The summed E-state index contributed by atoms with van der Waals surface area (Å²) in [5, 5.41) is 0.546. The van der Waals surface area contributed by atoms with Gasteiger partial charge in [-0.2, -0.15) is 0 Å². The van der Waals surface area contributed by atoms with E-state index in [0.717, 1.165) is 10.6 Å². The van der Waals surface area contributed by atoms with E-state index in [4.69, 9.17) is 10.2 Å². The summed E-state index contributed by atoms with van der Waals surface area (Å²) in [7, 11) is -2.14. The highest BCUT2D eigenvalue weighted by Crippen LogP contribution is 2.41. The van der Waals surface area contributed by atoms with Crippen molar-refractivity contribution in [2.45, 2.75) is 13.3 Å². The molecule has 3 aromatic carbocycles. The van der Waals surface area contributed by atoms with Crippen molar-refractivity contribution in [3.05, 3.63) is 72.0 Å². The van der Waals surface area contributed by atoms with E-state index < -0.39 is 15.8 Å². The predicted molar refractivity (Wildman–Crippen MR) is 129 cm³/mol. The van der Waals surface area contributed by atoms with Crippen LogP contribution in [0.2, 0.25) is 0 Å². The minimum Gasteiger partial charge on any atom is -0.455 e. The fourth-order valence-electron chi connectivity index (χ4n) is 3.77. The lowest BCUT2D eigenvalue weighted by Gasteiger charge is -2.21. The van der Waals surface area contributed by atoms with E-state index in [0.29, 0.717) is 50.4 Å². The molecule has 0 fully saturated rings. The van der Waals surface area contributed by atoms with Crippen LogP contribution in [-0.4, -0.2) is 27.5 Å². The van der Waals surface area contributed by atoms with E-state index in [1.165, 1.54) is 19.2 Å². The smallest absolute Gasteiger partial charge is 0.232 e. The first-order valence-electron chi connectivity index (χ1n) is 10.3. The van der Waals surface area contributed by atoms with Crippen LogP contribution in [0.25, 0.3) is 33.4 Å². The van der Waals surface area contributed by atoms with Crippen LogP contribution < -0.4 is 10.0 Å². The molecule has 0 saturated carbocycles. The van der Waals surface area contributed by atoms with Gasteiger partial charge in [0.05, 0.1) is 17.5 Å². The van der Waals surface area contributed by atoms with Gasteiger partial charge in [-0.25, -0.2) is 12.8 Å². The van der Waals surface area contributed by atoms with Crippen molar-refractivity contribution >= 4 is 38.2 Å². The Bertz CT molecular complexity index is 1470. The number of fused-ring (bicyclic) bond motifs is 1. The number of carbonyl (C=O) groups excluding carboxylic acids is 1. The fraction of sp³-hybridized carbons (Fsp3) is 0.160. The van der Waals surface area contributed by atoms with Gasteiger partial charge in [0.2, 0.25) is 10.0 Å². The Morgan fingerprint density at radius 3 is 2.36 bits per heavy atom. The number of hydrogen-bond donors (Lipinski definition) is 1. The lowest BCUT2D eigenvalue weighted by molar-refractivity contribution is 0.0989. The molecule has 4 aromatic rings. The second kappa shape index (κ2) is 8.37. The van der Waals surface area contributed by atoms with Gasteiger partial charge in [-0.1, -0.05) is 19.1 Å². The molecular weight excluding hydrogens is 443 g/mol. The number of benzene rings is 3. The van der Waals surface area contributed by atoms with E-state index in [1.807, 2.05) is 6.07 Å². The SMILES string of the molecule is CCC(=O)c1c(-c2ccc(F)cc2)oc2cc(N(C)S(C)(=O)=O)c(-c3cccc(N)c3)cc12. The van der Waals surface area contributed by atoms with Gasteiger partial charge >= 0.3 is 0 Å². The number of hydrogen-bond acceptors (Lipinski definition) is 5. The van der Waals surface area contributed by atoms with Gasteiger partial charge in [0.25, 0.3) is 0 Å². The number of halogens is 1. The van der Waals surface area contributed by atoms with Crippen LogP contribution in [0.1, 0.15) is 23.7 Å². The summed E-state index contributed by atoms with van der Waals surface area (Å²) in [6.45, 7) is 1.75. The number of nitrogens with zero attached hydrogens (tertiary/aromatic N) is 1. The molecule has 0 spiro atoms. The van der Waals surface area contributed by atoms with Gasteiger partial charge in [-0.05, 0) is 48.0 Å². The second-order valence-electron chi connectivity index (χ2n) is 7.81. The Labute approximate surface area is 191 Å². The van der Waals surface area contributed by atoms with Crippen molar-refractivity contribution < 1.29 is 22.0 Å². The molecule has 6 nitrogen and oxygen atoms in total. The maximum Gasteiger partial charge on any atom is 0.232 e. The fourth-order valence-corrected chi connectivity index (χ4v) is 4.28. The number of nitrogen functional groups attached to an aromatic ring is 1. The zero-order valence-corrected chi connectivity index (χ0v) is 19.2. The molecule has 170 valence electrons. The largest absolute Gasteiger partial charge is 0.455 e. The average molecular weight is 467 g/mol. The number of rotatable bonds is 6. The maximum absolute atomic E-state index is 13.5. The highest BCUT2D eigenvalue weighted by Gasteiger charge is 2.25. The molecule has 0 aliphatic carbocycles. The van der Waals surface area contributed by atoms with Crippen LogP contribution in [0.4, 0.5) is 15.8 Å². The third kappa shape index (κ3) is 4.21. The van der Waals surface area contributed by atoms with Crippen molar-refractivity contribution in [3.8, 4) is 22.5 Å². The first kappa shape index (κ1) is 22.5. The molecule has 1 heterocycles. The number of sulfonamides is 1. The van der Waals surface area contributed by atoms with Gasteiger partial charge in [-0.15, -0.1) is 0 Å². The van der Waals surface area contributed by atoms with Crippen LogP contribution in [0.5, 0.6) is 0 Å². The Kier molecular flexibility index (Phi) is 5.71. The molecule has 0 aliphatic rings. The number of nitrogens with two attached hydrogens (primary N) is 1. The second-order valence-corrected chi connectivity index (χ2v) is 9.83. The van der Waals surface area contributed by atoms with E-state index in [9.17, 15) is 17.6 Å². The van der Waals surface area contributed by atoms with Gasteiger partial charge < -0.3 is 10.2 Å². The van der Waals surface area contributed by atoms with Crippen molar-refractivity contribution in [2.24, 2.45) is 0 Å². The van der Waals surface area contributed by atoms with Crippen molar-refractivity contribution in [2.75, 3.05) is 23.3 Å². The van der Waals surface area contributed by atoms with Crippen LogP contribution in [-0.2, 0) is 10.0 Å². The lowest BCUT2D eigenvalue weighted by Crippen LogP contribution is -2.25. The van der Waals surface area contributed by atoms with Crippen molar-refractivity contribution in [1.29, 1.82) is 0 Å². The van der Waals surface area contributed by atoms with E-state index in [1.54, 1.807) is 49.4 Å². The Morgan fingerprint density at radius 2 is 1.76 bits per heavy atom. The molecule has 0 saturated heterocycles. The third-order valence-electron chi connectivity index (χ3n) is 5.55. The van der Waals surface area contributed by atoms with Gasteiger partial charge in [0.1, 0.15) is 17.2 Å². The number of Topliss-reactive ketones (excluding diaryl/α,β-unsaturated/α-hetero) is 1. The normalized spacial score (nSPS) is 11.6. The number of furan rings is 1. The molecule has 4 rings (SSSR count). The molecule has 0 aliphatic heterocycles. The highest BCUT2D eigenvalue weighted by molar-refractivity contribution is 7.92. The summed E-state index contributed by atoms with van der Waals surface area (Å²) < 4.78 is 45.5. The monoisotopic (exact) mass is 466 g/mol. The topological polar surface area (TPSA) is 93.6 Å². The lowest BCUT2D eigenvalue weighted by atomic mass is 9.96. The molecule has 8 heteroatoms. The van der Waals surface area contributed by atoms with Crippen LogP contribution >= 0.6 is 0 Å². The minimum absolute atomic E-state index is 0.143. The molecule has 0 amide bonds. The summed E-state index contributed by atoms with van der Waals surface area (Å²) in [5.74, 6) is -0.232. The Hall–Kier alpha value is -3.65. The van der Waals surface area contributed by atoms with E-state index >= 15 is 0 Å². The summed E-state index contributed by atoms with van der Waals surface area (Å²) in [6.07, 6.45) is 1.35. The zero-order valence-electron chi connectivity index (χ0n) is 18.4. The number of anilines is 2. The highest BCUT2D eigenvalue weighted by atomic mass is 32.2. The summed E-state index contributed by atoms with van der Waals surface area (Å²) >= 11 is 0. The predicted octanol–water partition coefficient (Wildman–Crippen LogP) is 5.48. The average Bonchev–Trinajstić information content (AvgIpc) is 3.15. The Balaban J connectivity index is 2.09. The van der Waals surface area contributed by atoms with Crippen LogP contribution in [0, 0.1) is 5.82 Å². The van der Waals surface area contributed by atoms with E-state index in [2.05, 4.69) is 0 Å². The molecular formula is C25H23FN2O4S. The molecule has 0 bridgehead atoms.